The van der Waals surface area contributed by atoms with Gasteiger partial charge in [0.1, 0.15) is 11.7 Å². The molecule has 0 aliphatic heterocycles. The van der Waals surface area contributed by atoms with E-state index in [0.29, 0.717) is 5.69 Å². The standard InChI is InChI=1S/C12H15N3O5/c1-8(12(17)18)14-11(16)6-7-13-9-4-2-3-5-10(9)15(19)20/h2-5,8,13H,6-7H2,1H3,(H,14,16)(H,17,18)/t8-/m0/s1. The molecule has 0 spiro atoms. The minimum Gasteiger partial charge on any atom is -0.480 e. The number of nitro groups is 1. The zero-order valence-electron chi connectivity index (χ0n) is 10.8. The number of anilines is 1. The number of rotatable bonds is 7. The van der Waals surface area contributed by atoms with Gasteiger partial charge in [0.05, 0.1) is 4.92 Å². The molecular weight excluding hydrogens is 266 g/mol. The number of para-hydroxylation sites is 2. The zero-order valence-corrected chi connectivity index (χ0v) is 10.8. The molecule has 0 aliphatic rings. The van der Waals surface area contributed by atoms with Crippen molar-refractivity contribution in [2.45, 2.75) is 19.4 Å². The van der Waals surface area contributed by atoms with Crippen molar-refractivity contribution in [2.24, 2.45) is 0 Å². The Morgan fingerprint density at radius 3 is 2.65 bits per heavy atom. The lowest BCUT2D eigenvalue weighted by atomic mass is 10.2. The fourth-order valence-corrected chi connectivity index (χ4v) is 1.47. The molecule has 1 rings (SSSR count). The molecule has 1 aromatic carbocycles. The SMILES string of the molecule is C[C@H](NC(=O)CCNc1ccccc1[N+](=O)[O-])C(=O)O. The second kappa shape index (κ2) is 7.07. The highest BCUT2D eigenvalue weighted by molar-refractivity contribution is 5.83. The van der Waals surface area contributed by atoms with Crippen molar-refractivity contribution in [3.63, 3.8) is 0 Å². The summed E-state index contributed by atoms with van der Waals surface area (Å²) in [5, 5.41) is 24.5. The number of carbonyl (C=O) groups excluding carboxylic acids is 1. The van der Waals surface area contributed by atoms with Crippen LogP contribution in [0.15, 0.2) is 24.3 Å². The average molecular weight is 281 g/mol. The van der Waals surface area contributed by atoms with Gasteiger partial charge in [0.25, 0.3) is 5.69 Å². The Balaban J connectivity index is 2.47. The Labute approximate surface area is 114 Å². The minimum absolute atomic E-state index is 0.0175. The second-order valence-corrected chi connectivity index (χ2v) is 4.08. The molecule has 1 atom stereocenters. The molecule has 0 aliphatic carbocycles. The summed E-state index contributed by atoms with van der Waals surface area (Å²) in [6, 6.07) is 5.12. The largest absolute Gasteiger partial charge is 0.480 e. The summed E-state index contributed by atoms with van der Waals surface area (Å²) in [4.78, 5) is 32.2. The van der Waals surface area contributed by atoms with E-state index in [1.54, 1.807) is 12.1 Å². The summed E-state index contributed by atoms with van der Waals surface area (Å²) in [7, 11) is 0. The lowest BCUT2D eigenvalue weighted by Crippen LogP contribution is -2.38. The molecule has 3 N–H and O–H groups in total. The Morgan fingerprint density at radius 1 is 1.40 bits per heavy atom. The fourth-order valence-electron chi connectivity index (χ4n) is 1.47. The smallest absolute Gasteiger partial charge is 0.325 e. The molecule has 0 bridgehead atoms. The number of nitrogens with one attached hydrogen (secondary N) is 2. The van der Waals surface area contributed by atoms with Crippen molar-refractivity contribution in [2.75, 3.05) is 11.9 Å². The number of hydrogen-bond acceptors (Lipinski definition) is 5. The maximum atomic E-state index is 11.4. The van der Waals surface area contributed by atoms with Crippen LogP contribution in [-0.4, -0.2) is 34.5 Å². The van der Waals surface area contributed by atoms with Gasteiger partial charge in [0.2, 0.25) is 5.91 Å². The molecule has 0 saturated carbocycles. The third-order valence-electron chi connectivity index (χ3n) is 2.52. The zero-order chi connectivity index (χ0) is 15.1. The van der Waals surface area contributed by atoms with Gasteiger partial charge in [-0.15, -0.1) is 0 Å². The van der Waals surface area contributed by atoms with E-state index in [9.17, 15) is 19.7 Å². The highest BCUT2D eigenvalue weighted by Gasteiger charge is 2.15. The van der Waals surface area contributed by atoms with E-state index in [0.717, 1.165) is 0 Å². The van der Waals surface area contributed by atoms with Gasteiger partial charge in [0.15, 0.2) is 0 Å². The summed E-state index contributed by atoms with van der Waals surface area (Å²) in [5.74, 6) is -1.56. The lowest BCUT2D eigenvalue weighted by molar-refractivity contribution is -0.384. The van der Waals surface area contributed by atoms with Crippen LogP contribution in [0.5, 0.6) is 0 Å². The van der Waals surface area contributed by atoms with Crippen molar-refractivity contribution >= 4 is 23.3 Å². The normalized spacial score (nSPS) is 11.4. The second-order valence-electron chi connectivity index (χ2n) is 4.08. The van der Waals surface area contributed by atoms with Crippen molar-refractivity contribution < 1.29 is 19.6 Å². The number of amides is 1. The number of nitro benzene ring substituents is 1. The molecule has 0 fully saturated rings. The monoisotopic (exact) mass is 281 g/mol. The predicted molar refractivity (Wildman–Crippen MR) is 71.4 cm³/mol. The van der Waals surface area contributed by atoms with E-state index >= 15 is 0 Å². The Bertz CT molecular complexity index is 518. The Hall–Kier alpha value is -2.64. The summed E-state index contributed by atoms with van der Waals surface area (Å²) < 4.78 is 0. The average Bonchev–Trinajstić information content (AvgIpc) is 2.38. The molecule has 0 heterocycles. The first-order valence-electron chi connectivity index (χ1n) is 5.91. The number of carbonyl (C=O) groups is 2. The Kier molecular flexibility index (Phi) is 5.45. The van der Waals surface area contributed by atoms with Crippen LogP contribution < -0.4 is 10.6 Å². The minimum atomic E-state index is -1.12. The van der Waals surface area contributed by atoms with Crippen LogP contribution in [0.4, 0.5) is 11.4 Å². The van der Waals surface area contributed by atoms with Gasteiger partial charge in [-0.25, -0.2) is 0 Å². The number of carboxylic acids is 1. The van der Waals surface area contributed by atoms with Crippen molar-refractivity contribution in [3.05, 3.63) is 34.4 Å². The van der Waals surface area contributed by atoms with E-state index in [-0.39, 0.29) is 18.7 Å². The molecule has 0 saturated heterocycles. The van der Waals surface area contributed by atoms with Crippen LogP contribution in [0.1, 0.15) is 13.3 Å². The van der Waals surface area contributed by atoms with Crippen LogP contribution in [0.25, 0.3) is 0 Å². The maximum Gasteiger partial charge on any atom is 0.325 e. The highest BCUT2D eigenvalue weighted by Crippen LogP contribution is 2.22. The first kappa shape index (κ1) is 15.4. The summed E-state index contributed by atoms with van der Waals surface area (Å²) in [6.45, 7) is 1.53. The van der Waals surface area contributed by atoms with Crippen LogP contribution in [0, 0.1) is 10.1 Å². The summed E-state index contributed by atoms with van der Waals surface area (Å²) >= 11 is 0. The van der Waals surface area contributed by atoms with Crippen molar-refractivity contribution in [1.82, 2.24) is 5.32 Å². The molecule has 8 nitrogen and oxygen atoms in total. The van der Waals surface area contributed by atoms with Crippen molar-refractivity contribution in [3.8, 4) is 0 Å². The van der Waals surface area contributed by atoms with Gasteiger partial charge in [-0.1, -0.05) is 12.1 Å². The van der Waals surface area contributed by atoms with E-state index in [1.165, 1.54) is 19.1 Å². The molecule has 0 unspecified atom stereocenters. The number of hydrogen-bond donors (Lipinski definition) is 3. The summed E-state index contributed by atoms with van der Waals surface area (Å²) in [5.41, 5.74) is 0.239. The lowest BCUT2D eigenvalue weighted by Gasteiger charge is -2.10. The molecule has 108 valence electrons. The van der Waals surface area contributed by atoms with E-state index in [2.05, 4.69) is 10.6 Å². The molecule has 1 aromatic rings. The van der Waals surface area contributed by atoms with Gasteiger partial charge in [-0.2, -0.15) is 0 Å². The highest BCUT2D eigenvalue weighted by atomic mass is 16.6. The van der Waals surface area contributed by atoms with E-state index < -0.39 is 22.8 Å². The fraction of sp³-hybridized carbons (Fsp3) is 0.333. The first-order valence-corrected chi connectivity index (χ1v) is 5.91. The number of nitrogens with zero attached hydrogens (tertiary/aromatic N) is 1. The van der Waals surface area contributed by atoms with Gasteiger partial charge in [-0.3, -0.25) is 19.7 Å². The molecule has 0 aromatic heterocycles. The van der Waals surface area contributed by atoms with Crippen LogP contribution in [-0.2, 0) is 9.59 Å². The molecule has 8 heteroatoms. The third kappa shape index (κ3) is 4.56. The quantitative estimate of drug-likeness (QED) is 0.506. The van der Waals surface area contributed by atoms with Gasteiger partial charge in [-0.05, 0) is 13.0 Å². The summed E-state index contributed by atoms with van der Waals surface area (Å²) in [6.07, 6.45) is 0.0175. The first-order chi connectivity index (χ1) is 9.41. The van der Waals surface area contributed by atoms with Crippen LogP contribution >= 0.6 is 0 Å². The molecule has 20 heavy (non-hydrogen) atoms. The van der Waals surface area contributed by atoms with Crippen LogP contribution in [0.3, 0.4) is 0 Å². The van der Waals surface area contributed by atoms with E-state index in [4.69, 9.17) is 5.11 Å². The topological polar surface area (TPSA) is 122 Å². The van der Waals surface area contributed by atoms with Gasteiger partial charge in [0, 0.05) is 19.0 Å². The van der Waals surface area contributed by atoms with Crippen LogP contribution in [0.2, 0.25) is 0 Å². The van der Waals surface area contributed by atoms with E-state index in [1.807, 2.05) is 0 Å². The number of benzene rings is 1. The van der Waals surface area contributed by atoms with Gasteiger partial charge >= 0.3 is 5.97 Å². The predicted octanol–water partition coefficient (Wildman–Crippen LogP) is 0.986. The molecular formula is C12H15N3O5. The van der Waals surface area contributed by atoms with Gasteiger partial charge < -0.3 is 15.7 Å². The third-order valence-corrected chi connectivity index (χ3v) is 2.52. The molecule has 1 amide bonds. The molecule has 0 radical (unpaired) electrons. The van der Waals surface area contributed by atoms with Crippen molar-refractivity contribution in [1.29, 1.82) is 0 Å². The number of aliphatic carboxylic acids is 1. The number of carboxylic acid groups (broad SMARTS) is 1. The Morgan fingerprint density at radius 2 is 2.05 bits per heavy atom. The maximum absolute atomic E-state index is 11.4.